The first-order valence-electron chi connectivity index (χ1n) is 6.07. The van der Waals surface area contributed by atoms with Crippen molar-refractivity contribution in [2.75, 3.05) is 11.5 Å². The fraction of sp³-hybridized carbons (Fsp3) is 0.286. The number of hydrogen-bond acceptors (Lipinski definition) is 5. The molecular formula is C14H16N3S2. The van der Waals surface area contributed by atoms with Gasteiger partial charge in [0.1, 0.15) is 0 Å². The molecule has 0 aromatic carbocycles. The minimum absolute atomic E-state index is 0.854. The highest BCUT2D eigenvalue weighted by Gasteiger charge is 2.02. The Kier molecular flexibility index (Phi) is 5.66. The van der Waals surface area contributed by atoms with Gasteiger partial charge in [0.05, 0.1) is 0 Å². The van der Waals surface area contributed by atoms with Crippen LogP contribution in [0.5, 0.6) is 0 Å². The molecule has 0 amide bonds. The summed E-state index contributed by atoms with van der Waals surface area (Å²) in [6, 6.07) is 3.89. The maximum atomic E-state index is 4.19. The molecule has 2 heterocycles. The van der Waals surface area contributed by atoms with Crippen molar-refractivity contribution < 1.29 is 0 Å². The van der Waals surface area contributed by atoms with E-state index in [1.807, 2.05) is 24.0 Å². The summed E-state index contributed by atoms with van der Waals surface area (Å²) in [5.41, 5.74) is 2.06. The molecule has 0 unspecified atom stereocenters. The van der Waals surface area contributed by atoms with Crippen molar-refractivity contribution in [3.63, 3.8) is 0 Å². The second-order valence-corrected chi connectivity index (χ2v) is 6.16. The molecular weight excluding hydrogens is 274 g/mol. The van der Waals surface area contributed by atoms with Crippen LogP contribution in [0.4, 0.5) is 0 Å². The third-order valence-electron chi connectivity index (χ3n) is 2.58. The SMILES string of the molecule is [CH2]c1nccc(SCCCSc2ncccn2)c1C. The van der Waals surface area contributed by atoms with E-state index < -0.39 is 0 Å². The minimum atomic E-state index is 0.854. The van der Waals surface area contributed by atoms with Crippen LogP contribution >= 0.6 is 23.5 Å². The second-order valence-electron chi connectivity index (χ2n) is 3.96. The highest BCUT2D eigenvalue weighted by atomic mass is 32.2. The van der Waals surface area contributed by atoms with Gasteiger partial charge in [-0.3, -0.25) is 4.98 Å². The van der Waals surface area contributed by atoms with Gasteiger partial charge in [0.15, 0.2) is 5.16 Å². The zero-order chi connectivity index (χ0) is 13.5. The minimum Gasteiger partial charge on any atom is -0.261 e. The maximum absolute atomic E-state index is 4.19. The van der Waals surface area contributed by atoms with E-state index in [0.717, 1.165) is 28.8 Å². The summed E-state index contributed by atoms with van der Waals surface area (Å²) in [6.45, 7) is 5.99. The van der Waals surface area contributed by atoms with Crippen molar-refractivity contribution >= 4 is 23.5 Å². The second kappa shape index (κ2) is 7.50. The topological polar surface area (TPSA) is 38.7 Å². The van der Waals surface area contributed by atoms with Crippen LogP contribution in [-0.4, -0.2) is 26.5 Å². The molecule has 0 aliphatic rings. The lowest BCUT2D eigenvalue weighted by atomic mass is 10.2. The Morgan fingerprint density at radius 2 is 1.79 bits per heavy atom. The molecule has 0 N–H and O–H groups in total. The number of hydrogen-bond donors (Lipinski definition) is 0. The molecule has 0 bridgehead atoms. The van der Waals surface area contributed by atoms with Crippen LogP contribution in [0.1, 0.15) is 17.7 Å². The molecule has 3 nitrogen and oxygen atoms in total. The third-order valence-corrected chi connectivity index (χ3v) is 4.79. The summed E-state index contributed by atoms with van der Waals surface area (Å²) in [6.07, 6.45) is 6.51. The summed E-state index contributed by atoms with van der Waals surface area (Å²) in [7, 11) is 0. The Bertz CT molecular complexity index is 517. The predicted octanol–water partition coefficient (Wildman–Crippen LogP) is 3.64. The van der Waals surface area contributed by atoms with Gasteiger partial charge in [-0.2, -0.15) is 0 Å². The number of aromatic nitrogens is 3. The summed E-state index contributed by atoms with van der Waals surface area (Å²) in [5, 5.41) is 0.854. The molecule has 1 radical (unpaired) electrons. The monoisotopic (exact) mass is 290 g/mol. The zero-order valence-corrected chi connectivity index (χ0v) is 12.5. The normalized spacial score (nSPS) is 10.6. The molecule has 2 rings (SSSR count). The summed E-state index contributed by atoms with van der Waals surface area (Å²) >= 11 is 3.56. The van der Waals surface area contributed by atoms with Gasteiger partial charge >= 0.3 is 0 Å². The molecule has 0 aliphatic carbocycles. The van der Waals surface area contributed by atoms with Gasteiger partial charge in [0.2, 0.25) is 0 Å². The molecule has 0 atom stereocenters. The van der Waals surface area contributed by atoms with Gasteiger partial charge in [0.25, 0.3) is 0 Å². The number of pyridine rings is 1. The van der Waals surface area contributed by atoms with Gasteiger partial charge in [0, 0.05) is 34.9 Å². The smallest absolute Gasteiger partial charge is 0.187 e. The lowest BCUT2D eigenvalue weighted by molar-refractivity contribution is 0.962. The Balaban J connectivity index is 1.71. The number of rotatable bonds is 6. The number of nitrogens with zero attached hydrogens (tertiary/aromatic N) is 3. The van der Waals surface area contributed by atoms with Crippen molar-refractivity contribution in [3.05, 3.63) is 48.9 Å². The Morgan fingerprint density at radius 3 is 2.58 bits per heavy atom. The van der Waals surface area contributed by atoms with E-state index in [4.69, 9.17) is 0 Å². The molecule has 0 saturated carbocycles. The van der Waals surface area contributed by atoms with Crippen molar-refractivity contribution in [2.24, 2.45) is 0 Å². The highest BCUT2D eigenvalue weighted by Crippen LogP contribution is 2.24. The van der Waals surface area contributed by atoms with Crippen molar-refractivity contribution in [3.8, 4) is 0 Å². The first-order chi connectivity index (χ1) is 9.27. The van der Waals surface area contributed by atoms with E-state index in [9.17, 15) is 0 Å². The summed E-state index contributed by atoms with van der Waals surface area (Å²) in [5.74, 6) is 2.13. The van der Waals surface area contributed by atoms with Crippen LogP contribution in [-0.2, 0) is 0 Å². The maximum Gasteiger partial charge on any atom is 0.187 e. The van der Waals surface area contributed by atoms with Crippen molar-refractivity contribution in [1.82, 2.24) is 15.0 Å². The van der Waals surface area contributed by atoms with E-state index >= 15 is 0 Å². The lowest BCUT2D eigenvalue weighted by Gasteiger charge is -2.06. The molecule has 19 heavy (non-hydrogen) atoms. The lowest BCUT2D eigenvalue weighted by Crippen LogP contribution is -1.91. The van der Waals surface area contributed by atoms with Crippen molar-refractivity contribution in [1.29, 1.82) is 0 Å². The molecule has 2 aromatic heterocycles. The van der Waals surface area contributed by atoms with Crippen LogP contribution in [0.3, 0.4) is 0 Å². The van der Waals surface area contributed by atoms with Gasteiger partial charge in [-0.1, -0.05) is 11.8 Å². The molecule has 0 fully saturated rings. The van der Waals surface area contributed by atoms with Gasteiger partial charge in [-0.25, -0.2) is 9.97 Å². The fourth-order valence-corrected chi connectivity index (χ4v) is 3.40. The van der Waals surface area contributed by atoms with E-state index in [2.05, 4.69) is 34.9 Å². The van der Waals surface area contributed by atoms with Crippen LogP contribution in [0.2, 0.25) is 0 Å². The molecule has 0 spiro atoms. The van der Waals surface area contributed by atoms with Crippen LogP contribution in [0.25, 0.3) is 0 Å². The Morgan fingerprint density at radius 1 is 1.05 bits per heavy atom. The van der Waals surface area contributed by atoms with Crippen molar-refractivity contribution in [2.45, 2.75) is 23.4 Å². The van der Waals surface area contributed by atoms with Gasteiger partial charge in [-0.15, -0.1) is 11.8 Å². The standard InChI is InChI=1S/C14H16N3S2/c1-11-12(2)15-8-5-13(11)18-9-4-10-19-14-16-6-3-7-17-14/h3,5-8H,2,4,9-10H2,1H3. The fourth-order valence-electron chi connectivity index (χ4n) is 1.48. The van der Waals surface area contributed by atoms with Crippen LogP contribution in [0.15, 0.2) is 40.8 Å². The first-order valence-corrected chi connectivity index (χ1v) is 8.04. The largest absolute Gasteiger partial charge is 0.261 e. The Labute approximate surface area is 122 Å². The number of thioether (sulfide) groups is 2. The van der Waals surface area contributed by atoms with E-state index in [0.29, 0.717) is 0 Å². The molecule has 99 valence electrons. The average molecular weight is 290 g/mol. The highest BCUT2D eigenvalue weighted by molar-refractivity contribution is 8.00. The van der Waals surface area contributed by atoms with E-state index in [1.54, 1.807) is 24.2 Å². The van der Waals surface area contributed by atoms with Gasteiger partial charge < -0.3 is 0 Å². The molecule has 5 heteroatoms. The zero-order valence-electron chi connectivity index (χ0n) is 10.9. The molecule has 0 aliphatic heterocycles. The average Bonchev–Trinajstić information content (AvgIpc) is 2.44. The van der Waals surface area contributed by atoms with E-state index in [-0.39, 0.29) is 0 Å². The van der Waals surface area contributed by atoms with Crippen LogP contribution < -0.4 is 0 Å². The van der Waals surface area contributed by atoms with E-state index in [1.165, 1.54) is 10.5 Å². The summed E-state index contributed by atoms with van der Waals surface area (Å²) in [4.78, 5) is 13.8. The third kappa shape index (κ3) is 4.51. The first kappa shape index (κ1) is 14.3. The van der Waals surface area contributed by atoms with Gasteiger partial charge in [-0.05, 0) is 43.7 Å². The molecule has 2 aromatic rings. The predicted molar refractivity (Wildman–Crippen MR) is 81.5 cm³/mol. The Hall–Kier alpha value is -1.07. The van der Waals surface area contributed by atoms with Crippen LogP contribution in [0, 0.1) is 13.8 Å². The summed E-state index contributed by atoms with van der Waals surface area (Å²) < 4.78 is 0. The quantitative estimate of drug-likeness (QED) is 0.461. The molecule has 0 saturated heterocycles.